The van der Waals surface area contributed by atoms with E-state index < -0.39 is 10.0 Å². The van der Waals surface area contributed by atoms with Crippen LogP contribution in [0.1, 0.15) is 12.5 Å². The van der Waals surface area contributed by atoms with Gasteiger partial charge in [-0.05, 0) is 37.6 Å². The summed E-state index contributed by atoms with van der Waals surface area (Å²) in [7, 11) is -3.62. The summed E-state index contributed by atoms with van der Waals surface area (Å²) in [6.45, 7) is 5.56. The van der Waals surface area contributed by atoms with Crippen molar-refractivity contribution in [2.75, 3.05) is 24.5 Å². The van der Waals surface area contributed by atoms with Gasteiger partial charge in [-0.15, -0.1) is 11.3 Å². The minimum atomic E-state index is -3.62. The highest BCUT2D eigenvalue weighted by Crippen LogP contribution is 2.36. The van der Waals surface area contributed by atoms with Gasteiger partial charge in [0.25, 0.3) is 0 Å². The van der Waals surface area contributed by atoms with E-state index in [9.17, 15) is 8.42 Å². The summed E-state index contributed by atoms with van der Waals surface area (Å²) in [5.41, 5.74) is 2.31. The van der Waals surface area contributed by atoms with Crippen molar-refractivity contribution in [2.24, 2.45) is 0 Å². The summed E-state index contributed by atoms with van der Waals surface area (Å²) in [5.74, 6) is 0. The Balaban J connectivity index is 1.81. The third-order valence-electron chi connectivity index (χ3n) is 4.17. The maximum atomic E-state index is 12.8. The molecule has 2 aromatic rings. The second-order valence-corrected chi connectivity index (χ2v) is 10.1. The van der Waals surface area contributed by atoms with Crippen LogP contribution in [0, 0.1) is 6.92 Å². The topological polar surface area (TPSA) is 40.6 Å². The highest BCUT2D eigenvalue weighted by atomic mass is 35.5. The molecule has 1 aromatic heterocycles. The van der Waals surface area contributed by atoms with Crippen LogP contribution in [0.2, 0.25) is 8.67 Å². The Morgan fingerprint density at radius 2 is 1.96 bits per heavy atom. The molecule has 0 aliphatic carbocycles. The molecule has 0 spiro atoms. The Kier molecular flexibility index (Phi) is 5.14. The number of halogens is 2. The highest BCUT2D eigenvalue weighted by molar-refractivity contribution is 7.89. The summed E-state index contributed by atoms with van der Waals surface area (Å²) in [4.78, 5) is 2.34. The molecule has 1 atom stereocenters. The largest absolute Gasteiger partial charge is 0.366 e. The second kappa shape index (κ2) is 6.84. The minimum Gasteiger partial charge on any atom is -0.366 e. The lowest BCUT2D eigenvalue weighted by Crippen LogP contribution is -2.53. The standard InChI is InChI=1S/C16H18Cl2N2O2S2/c1-11-4-3-5-13(8-11)20-7-6-19(10-12(20)2)24(21,22)14-9-15(17)23-16(14)18/h3-5,8-9,12H,6-7,10H2,1-2H3. The molecular formula is C16H18Cl2N2O2S2. The van der Waals surface area contributed by atoms with Gasteiger partial charge in [0.2, 0.25) is 10.0 Å². The molecule has 1 aromatic carbocycles. The van der Waals surface area contributed by atoms with E-state index >= 15 is 0 Å². The molecule has 2 heterocycles. The maximum absolute atomic E-state index is 12.8. The Bertz CT molecular complexity index is 852. The van der Waals surface area contributed by atoms with Crippen molar-refractivity contribution >= 4 is 50.2 Å². The number of aryl methyl sites for hydroxylation is 1. The molecule has 0 radical (unpaired) electrons. The zero-order chi connectivity index (χ0) is 17.5. The van der Waals surface area contributed by atoms with Crippen molar-refractivity contribution < 1.29 is 8.42 Å². The quantitative estimate of drug-likeness (QED) is 0.766. The van der Waals surface area contributed by atoms with Crippen LogP contribution in [0.15, 0.2) is 35.2 Å². The fourth-order valence-electron chi connectivity index (χ4n) is 2.97. The van der Waals surface area contributed by atoms with Crippen LogP contribution in [0.4, 0.5) is 5.69 Å². The molecule has 1 aliphatic heterocycles. The third-order valence-corrected chi connectivity index (χ3v) is 7.78. The van der Waals surface area contributed by atoms with Gasteiger partial charge < -0.3 is 4.90 Å². The van der Waals surface area contributed by atoms with Crippen LogP contribution in [-0.2, 0) is 10.0 Å². The lowest BCUT2D eigenvalue weighted by atomic mass is 10.1. The fourth-order valence-corrected chi connectivity index (χ4v) is 6.60. The lowest BCUT2D eigenvalue weighted by molar-refractivity contribution is 0.342. The van der Waals surface area contributed by atoms with Crippen LogP contribution in [0.5, 0.6) is 0 Å². The molecule has 8 heteroatoms. The van der Waals surface area contributed by atoms with Gasteiger partial charge in [-0.1, -0.05) is 35.3 Å². The number of thiophene rings is 1. The molecule has 1 unspecified atom stereocenters. The zero-order valence-electron chi connectivity index (χ0n) is 13.4. The van der Waals surface area contributed by atoms with Crippen LogP contribution in [-0.4, -0.2) is 38.4 Å². The van der Waals surface area contributed by atoms with E-state index in [1.165, 1.54) is 15.9 Å². The van der Waals surface area contributed by atoms with E-state index in [0.29, 0.717) is 24.0 Å². The van der Waals surface area contributed by atoms with Gasteiger partial charge in [0, 0.05) is 31.4 Å². The monoisotopic (exact) mass is 404 g/mol. The van der Waals surface area contributed by atoms with E-state index in [4.69, 9.17) is 23.2 Å². The average molecular weight is 405 g/mol. The van der Waals surface area contributed by atoms with Crippen LogP contribution in [0.25, 0.3) is 0 Å². The first-order chi connectivity index (χ1) is 11.3. The molecule has 130 valence electrons. The van der Waals surface area contributed by atoms with Gasteiger partial charge in [-0.2, -0.15) is 4.31 Å². The molecule has 1 saturated heterocycles. The van der Waals surface area contributed by atoms with Crippen LogP contribution >= 0.6 is 34.5 Å². The Hall–Kier alpha value is -0.790. The summed E-state index contributed by atoms with van der Waals surface area (Å²) in [6, 6.07) is 9.76. The van der Waals surface area contributed by atoms with Gasteiger partial charge in [-0.3, -0.25) is 0 Å². The van der Waals surface area contributed by atoms with E-state index in [1.54, 1.807) is 0 Å². The van der Waals surface area contributed by atoms with E-state index in [2.05, 4.69) is 30.0 Å². The summed E-state index contributed by atoms with van der Waals surface area (Å²) in [6.07, 6.45) is 0. The van der Waals surface area contributed by atoms with Crippen LogP contribution in [0.3, 0.4) is 0 Å². The van der Waals surface area contributed by atoms with E-state index in [-0.39, 0.29) is 15.3 Å². The molecule has 3 rings (SSSR count). The molecule has 0 N–H and O–H groups in total. The van der Waals surface area contributed by atoms with Gasteiger partial charge in [0.05, 0.1) is 4.34 Å². The Morgan fingerprint density at radius 3 is 2.54 bits per heavy atom. The summed E-state index contributed by atoms with van der Waals surface area (Å²) in [5, 5.41) is 0. The van der Waals surface area contributed by atoms with Gasteiger partial charge >= 0.3 is 0 Å². The number of nitrogens with zero attached hydrogens (tertiary/aromatic N) is 2. The van der Waals surface area contributed by atoms with Crippen molar-refractivity contribution in [3.63, 3.8) is 0 Å². The number of sulfonamides is 1. The number of piperazine rings is 1. The van der Waals surface area contributed by atoms with Gasteiger partial charge in [0.15, 0.2) is 0 Å². The maximum Gasteiger partial charge on any atom is 0.245 e. The third kappa shape index (κ3) is 3.44. The number of hydrogen-bond acceptors (Lipinski definition) is 4. The number of rotatable bonds is 3. The van der Waals surface area contributed by atoms with Crippen molar-refractivity contribution in [3.8, 4) is 0 Å². The molecule has 0 bridgehead atoms. The van der Waals surface area contributed by atoms with E-state index in [0.717, 1.165) is 17.0 Å². The molecule has 1 aliphatic rings. The molecule has 24 heavy (non-hydrogen) atoms. The first-order valence-corrected chi connectivity index (χ1v) is 10.6. The first kappa shape index (κ1) is 18.0. The highest BCUT2D eigenvalue weighted by Gasteiger charge is 2.34. The predicted molar refractivity (Wildman–Crippen MR) is 101 cm³/mol. The minimum absolute atomic E-state index is 0.0724. The lowest BCUT2D eigenvalue weighted by Gasteiger charge is -2.40. The molecule has 0 saturated carbocycles. The molecule has 1 fully saturated rings. The SMILES string of the molecule is Cc1cccc(N2CCN(S(=O)(=O)c3cc(Cl)sc3Cl)CC2C)c1. The van der Waals surface area contributed by atoms with Crippen molar-refractivity contribution in [3.05, 3.63) is 44.6 Å². The summed E-state index contributed by atoms with van der Waals surface area (Å²) >= 11 is 13.0. The average Bonchev–Trinajstić information content (AvgIpc) is 2.86. The smallest absolute Gasteiger partial charge is 0.245 e. The van der Waals surface area contributed by atoms with Gasteiger partial charge in [-0.25, -0.2) is 8.42 Å². The number of anilines is 1. The Morgan fingerprint density at radius 1 is 1.21 bits per heavy atom. The van der Waals surface area contributed by atoms with Crippen molar-refractivity contribution in [1.29, 1.82) is 0 Å². The number of hydrogen-bond donors (Lipinski definition) is 0. The fraction of sp³-hybridized carbons (Fsp3) is 0.375. The Labute approximate surface area is 156 Å². The summed E-state index contributed by atoms with van der Waals surface area (Å²) < 4.78 is 27.8. The first-order valence-electron chi connectivity index (χ1n) is 7.57. The molecular weight excluding hydrogens is 387 g/mol. The van der Waals surface area contributed by atoms with Crippen molar-refractivity contribution in [1.82, 2.24) is 4.31 Å². The zero-order valence-corrected chi connectivity index (χ0v) is 16.5. The van der Waals surface area contributed by atoms with Gasteiger partial charge in [0.1, 0.15) is 9.23 Å². The predicted octanol–water partition coefficient (Wildman–Crippen LogP) is 4.26. The van der Waals surface area contributed by atoms with Crippen LogP contribution < -0.4 is 4.90 Å². The van der Waals surface area contributed by atoms with E-state index in [1.807, 2.05) is 13.0 Å². The van der Waals surface area contributed by atoms with Crippen molar-refractivity contribution in [2.45, 2.75) is 24.8 Å². The second-order valence-electron chi connectivity index (χ2n) is 5.93. The molecule has 0 amide bonds. The molecule has 4 nitrogen and oxygen atoms in total. The normalized spacial score (nSPS) is 19.7. The number of benzene rings is 1.